The predicted molar refractivity (Wildman–Crippen MR) is 82.1 cm³/mol. The molecule has 0 saturated carbocycles. The Morgan fingerprint density at radius 2 is 2.26 bits per heavy atom. The Balaban J connectivity index is 1.73. The zero-order valence-electron chi connectivity index (χ0n) is 12.9. The maximum absolute atomic E-state index is 12.6. The lowest BCUT2D eigenvalue weighted by Crippen LogP contribution is -2.38. The summed E-state index contributed by atoms with van der Waals surface area (Å²) in [6.45, 7) is 0.431. The van der Waals surface area contributed by atoms with Crippen molar-refractivity contribution in [3.63, 3.8) is 0 Å². The number of carbonyl (C=O) groups is 2. The minimum Gasteiger partial charge on any atom is -0.481 e. The third-order valence-electron chi connectivity index (χ3n) is 4.19. The molecule has 1 amide bonds. The van der Waals surface area contributed by atoms with Crippen molar-refractivity contribution in [3.8, 4) is 0 Å². The van der Waals surface area contributed by atoms with Gasteiger partial charge >= 0.3 is 5.97 Å². The van der Waals surface area contributed by atoms with E-state index in [1.54, 1.807) is 12.0 Å². The lowest BCUT2D eigenvalue weighted by Gasteiger charge is -2.22. The van der Waals surface area contributed by atoms with Crippen LogP contribution in [0.1, 0.15) is 18.5 Å². The molecule has 1 aliphatic rings. The van der Waals surface area contributed by atoms with Gasteiger partial charge in [0.2, 0.25) is 5.91 Å². The van der Waals surface area contributed by atoms with Crippen LogP contribution in [-0.2, 0) is 20.7 Å². The van der Waals surface area contributed by atoms with E-state index >= 15 is 0 Å². The number of methoxy groups -OCH3 is 1. The average Bonchev–Trinajstić information content (AvgIpc) is 3.09. The van der Waals surface area contributed by atoms with Crippen LogP contribution < -0.4 is 0 Å². The zero-order chi connectivity index (χ0) is 16.4. The fraction of sp³-hybridized carbons (Fsp3) is 0.438. The number of ether oxygens (including phenoxy) is 1. The molecule has 122 valence electrons. The average molecular weight is 317 g/mol. The van der Waals surface area contributed by atoms with E-state index in [1.165, 1.54) is 0 Å². The minimum atomic E-state index is -0.905. The molecular weight excluding hydrogens is 298 g/mol. The highest BCUT2D eigenvalue weighted by Gasteiger charge is 2.36. The maximum atomic E-state index is 12.6. The van der Waals surface area contributed by atoms with E-state index in [9.17, 15) is 9.59 Å². The summed E-state index contributed by atoms with van der Waals surface area (Å²) in [4.78, 5) is 29.6. The van der Waals surface area contributed by atoms with Crippen molar-refractivity contribution in [3.05, 3.63) is 36.3 Å². The molecule has 7 heteroatoms. The summed E-state index contributed by atoms with van der Waals surface area (Å²) < 4.78 is 7.16. The first-order valence-electron chi connectivity index (χ1n) is 7.53. The molecule has 1 fully saturated rings. The van der Waals surface area contributed by atoms with Crippen LogP contribution in [-0.4, -0.2) is 57.1 Å². The van der Waals surface area contributed by atoms with Gasteiger partial charge in [-0.2, -0.15) is 0 Å². The number of hydrogen-bond acceptors (Lipinski definition) is 4. The van der Waals surface area contributed by atoms with Crippen LogP contribution >= 0.6 is 0 Å². The van der Waals surface area contributed by atoms with Crippen molar-refractivity contribution in [2.75, 3.05) is 13.7 Å². The van der Waals surface area contributed by atoms with E-state index in [1.807, 2.05) is 35.0 Å². The summed E-state index contributed by atoms with van der Waals surface area (Å²) >= 11 is 0. The number of carbonyl (C=O) groups excluding carboxylic acids is 1. The fourth-order valence-electron chi connectivity index (χ4n) is 3.07. The molecule has 7 nitrogen and oxygen atoms in total. The van der Waals surface area contributed by atoms with Gasteiger partial charge in [0.1, 0.15) is 5.65 Å². The van der Waals surface area contributed by atoms with Crippen LogP contribution in [0, 0.1) is 0 Å². The highest BCUT2D eigenvalue weighted by molar-refractivity contribution is 5.80. The number of nitrogens with zero attached hydrogens (tertiary/aromatic N) is 3. The zero-order valence-corrected chi connectivity index (χ0v) is 12.9. The molecular formula is C16H19N3O4. The van der Waals surface area contributed by atoms with Crippen molar-refractivity contribution in [1.29, 1.82) is 0 Å². The summed E-state index contributed by atoms with van der Waals surface area (Å²) in [7, 11) is 1.58. The number of pyridine rings is 1. The van der Waals surface area contributed by atoms with Crippen LogP contribution in [0.15, 0.2) is 30.6 Å². The Morgan fingerprint density at radius 3 is 2.96 bits per heavy atom. The number of carboxylic acids is 1. The van der Waals surface area contributed by atoms with Gasteiger partial charge in [-0.05, 0) is 18.6 Å². The molecule has 3 rings (SSSR count). The second-order valence-electron chi connectivity index (χ2n) is 5.77. The molecule has 0 bridgehead atoms. The smallest absolute Gasteiger partial charge is 0.305 e. The van der Waals surface area contributed by atoms with E-state index in [0.29, 0.717) is 18.7 Å². The van der Waals surface area contributed by atoms with Crippen molar-refractivity contribution in [2.24, 2.45) is 0 Å². The first-order chi connectivity index (χ1) is 11.1. The number of amides is 1. The number of fused-ring (bicyclic) bond motifs is 1. The molecule has 2 unspecified atom stereocenters. The third-order valence-corrected chi connectivity index (χ3v) is 4.19. The topological polar surface area (TPSA) is 84.1 Å². The fourth-order valence-corrected chi connectivity index (χ4v) is 3.07. The molecule has 1 saturated heterocycles. The van der Waals surface area contributed by atoms with Gasteiger partial charge in [0.15, 0.2) is 0 Å². The lowest BCUT2D eigenvalue weighted by atomic mass is 10.1. The molecule has 2 aromatic heterocycles. The van der Waals surface area contributed by atoms with Crippen molar-refractivity contribution >= 4 is 17.5 Å². The Hall–Kier alpha value is -2.41. The number of likely N-dealkylation sites (tertiary alicyclic amines) is 1. The highest BCUT2D eigenvalue weighted by atomic mass is 16.5. The van der Waals surface area contributed by atoms with E-state index in [0.717, 1.165) is 5.65 Å². The summed E-state index contributed by atoms with van der Waals surface area (Å²) in [5, 5.41) is 9.02. The Labute approximate surface area is 133 Å². The van der Waals surface area contributed by atoms with E-state index < -0.39 is 5.97 Å². The number of hydrogen-bond donors (Lipinski definition) is 1. The molecule has 3 heterocycles. The maximum Gasteiger partial charge on any atom is 0.305 e. The minimum absolute atomic E-state index is 0.0588. The molecule has 0 spiro atoms. The van der Waals surface area contributed by atoms with Crippen molar-refractivity contribution in [1.82, 2.24) is 14.3 Å². The number of aromatic nitrogens is 2. The van der Waals surface area contributed by atoms with Crippen molar-refractivity contribution < 1.29 is 19.4 Å². The normalized spacial score (nSPS) is 21.0. The second kappa shape index (κ2) is 6.37. The van der Waals surface area contributed by atoms with Crippen LogP contribution in [0.3, 0.4) is 0 Å². The molecule has 0 aliphatic carbocycles. The molecule has 1 aliphatic heterocycles. The number of aliphatic carboxylic acids is 1. The highest BCUT2D eigenvalue weighted by Crippen LogP contribution is 2.23. The Bertz CT molecular complexity index is 694. The molecule has 0 aromatic carbocycles. The van der Waals surface area contributed by atoms with Gasteiger partial charge in [0.05, 0.1) is 24.6 Å². The summed E-state index contributed by atoms with van der Waals surface area (Å²) in [5.41, 5.74) is 1.46. The standard InChI is InChI=1S/C16H19N3O4/c1-23-13-7-12(8-16(21)22)19(10-13)15(20)6-11-9-18-5-3-2-4-14(18)17-11/h2-5,9,12-13H,6-8,10H2,1H3,(H,21,22). The number of rotatable bonds is 5. The third kappa shape index (κ3) is 3.34. The van der Waals surface area contributed by atoms with Crippen LogP contribution in [0.25, 0.3) is 5.65 Å². The lowest BCUT2D eigenvalue weighted by molar-refractivity contribution is -0.139. The van der Waals surface area contributed by atoms with Gasteiger partial charge in [-0.25, -0.2) is 4.98 Å². The first-order valence-corrected chi connectivity index (χ1v) is 7.53. The van der Waals surface area contributed by atoms with Crippen LogP contribution in [0.2, 0.25) is 0 Å². The van der Waals surface area contributed by atoms with E-state index in [2.05, 4.69) is 4.98 Å². The Kier molecular flexibility index (Phi) is 4.29. The largest absolute Gasteiger partial charge is 0.481 e. The van der Waals surface area contributed by atoms with E-state index in [-0.39, 0.29) is 30.9 Å². The molecule has 1 N–H and O–H groups in total. The van der Waals surface area contributed by atoms with Gasteiger partial charge in [-0.1, -0.05) is 6.07 Å². The molecule has 23 heavy (non-hydrogen) atoms. The monoisotopic (exact) mass is 317 g/mol. The quantitative estimate of drug-likeness (QED) is 0.888. The molecule has 2 aromatic rings. The van der Waals surface area contributed by atoms with Gasteiger partial charge in [-0.3, -0.25) is 9.59 Å². The predicted octanol–water partition coefficient (Wildman–Crippen LogP) is 0.967. The summed E-state index contributed by atoms with van der Waals surface area (Å²) in [6, 6.07) is 5.34. The number of carboxylic acid groups (broad SMARTS) is 1. The first kappa shape index (κ1) is 15.5. The van der Waals surface area contributed by atoms with Crippen LogP contribution in [0.5, 0.6) is 0 Å². The van der Waals surface area contributed by atoms with Crippen LogP contribution in [0.4, 0.5) is 0 Å². The van der Waals surface area contributed by atoms with Gasteiger partial charge < -0.3 is 19.1 Å². The SMILES string of the molecule is COC1CC(CC(=O)O)N(C(=O)Cc2cn3ccccc3n2)C1. The van der Waals surface area contributed by atoms with Gasteiger partial charge in [-0.15, -0.1) is 0 Å². The summed E-state index contributed by atoms with van der Waals surface area (Å²) in [6.07, 6.45) is 4.25. The number of imidazole rings is 1. The van der Waals surface area contributed by atoms with Gasteiger partial charge in [0, 0.05) is 32.1 Å². The molecule has 0 radical (unpaired) electrons. The van der Waals surface area contributed by atoms with E-state index in [4.69, 9.17) is 9.84 Å². The van der Waals surface area contributed by atoms with Crippen molar-refractivity contribution in [2.45, 2.75) is 31.4 Å². The van der Waals surface area contributed by atoms with Gasteiger partial charge in [0.25, 0.3) is 0 Å². The summed E-state index contributed by atoms with van der Waals surface area (Å²) in [5.74, 6) is -1.02. The second-order valence-corrected chi connectivity index (χ2v) is 5.77. The molecule has 2 atom stereocenters. The Morgan fingerprint density at radius 1 is 1.43 bits per heavy atom.